The molecule has 0 spiro atoms. The molecule has 186 valence electrons. The molecule has 0 fully saturated rings. The molecule has 0 bridgehead atoms. The number of halogens is 2. The van der Waals surface area contributed by atoms with Crippen LogP contribution in [0.2, 0.25) is 0 Å². The average molecular weight is 489 g/mol. The third-order valence-electron chi connectivity index (χ3n) is 6.05. The molecule has 1 aromatic heterocycles. The number of benzene rings is 2. The number of fused-ring (bicyclic) bond motifs is 1. The van der Waals surface area contributed by atoms with Crippen molar-refractivity contribution < 1.29 is 8.78 Å². The number of hydrogen-bond acceptors (Lipinski definition) is 6. The highest BCUT2D eigenvalue weighted by molar-refractivity contribution is 5.82. The lowest BCUT2D eigenvalue weighted by Gasteiger charge is -2.34. The molecule has 6 nitrogen and oxygen atoms in total. The Morgan fingerprint density at radius 1 is 1.19 bits per heavy atom. The van der Waals surface area contributed by atoms with E-state index in [4.69, 9.17) is 9.97 Å². The highest BCUT2D eigenvalue weighted by Gasteiger charge is 2.31. The highest BCUT2D eigenvalue weighted by Crippen LogP contribution is 2.41. The van der Waals surface area contributed by atoms with Gasteiger partial charge in [-0.25, -0.2) is 13.8 Å². The average Bonchev–Trinajstić information content (AvgIpc) is 2.84. The molecule has 1 aliphatic rings. The van der Waals surface area contributed by atoms with Crippen LogP contribution in [0, 0.1) is 18.6 Å². The number of nitrogens with zero attached hydrogens (tertiary/aromatic N) is 4. The summed E-state index contributed by atoms with van der Waals surface area (Å²) >= 11 is 0. The SMILES string of the molecule is C=CC(=C)c1ccc(C)c(-c2nc(NCCN(C)C)nc3c2CNC(=C)N3c2c(F)cccc2F)c1. The quantitative estimate of drug-likeness (QED) is 0.402. The van der Waals surface area contributed by atoms with Gasteiger partial charge < -0.3 is 15.5 Å². The number of hydrogen-bond donors (Lipinski definition) is 2. The second kappa shape index (κ2) is 10.3. The van der Waals surface area contributed by atoms with Gasteiger partial charge in [-0.05, 0) is 55.9 Å². The van der Waals surface area contributed by atoms with Crippen molar-refractivity contribution in [2.75, 3.05) is 37.4 Å². The predicted octanol–water partition coefficient (Wildman–Crippen LogP) is 5.62. The molecular weight excluding hydrogens is 458 g/mol. The normalized spacial score (nSPS) is 12.8. The summed E-state index contributed by atoms with van der Waals surface area (Å²) in [6.45, 7) is 15.6. The number of anilines is 3. The monoisotopic (exact) mass is 488 g/mol. The number of likely N-dealkylation sites (N-methyl/N-ethyl adjacent to an activating group) is 1. The Balaban J connectivity index is 1.95. The summed E-state index contributed by atoms with van der Waals surface area (Å²) in [5.41, 5.74) is 4.66. The van der Waals surface area contributed by atoms with Crippen LogP contribution >= 0.6 is 0 Å². The van der Waals surface area contributed by atoms with Crippen LogP contribution < -0.4 is 15.5 Å². The van der Waals surface area contributed by atoms with E-state index in [0.29, 0.717) is 41.9 Å². The van der Waals surface area contributed by atoms with E-state index in [1.165, 1.54) is 23.1 Å². The van der Waals surface area contributed by atoms with E-state index in [9.17, 15) is 8.78 Å². The van der Waals surface area contributed by atoms with E-state index in [1.54, 1.807) is 6.08 Å². The number of aryl methyl sites for hydroxylation is 1. The summed E-state index contributed by atoms with van der Waals surface area (Å²) in [6.07, 6.45) is 1.70. The van der Waals surface area contributed by atoms with Crippen LogP contribution in [0.1, 0.15) is 16.7 Å². The first-order valence-electron chi connectivity index (χ1n) is 11.6. The maximum absolute atomic E-state index is 14.9. The zero-order valence-electron chi connectivity index (χ0n) is 20.8. The van der Waals surface area contributed by atoms with Crippen molar-refractivity contribution in [3.8, 4) is 11.3 Å². The summed E-state index contributed by atoms with van der Waals surface area (Å²) in [5.74, 6) is -0.384. The van der Waals surface area contributed by atoms with Crippen molar-refractivity contribution >= 4 is 23.0 Å². The molecule has 0 aliphatic carbocycles. The van der Waals surface area contributed by atoms with Gasteiger partial charge in [-0.15, -0.1) is 0 Å². The van der Waals surface area contributed by atoms with Crippen molar-refractivity contribution in [1.29, 1.82) is 0 Å². The molecule has 0 saturated heterocycles. The third kappa shape index (κ3) is 4.85. The van der Waals surface area contributed by atoms with Gasteiger partial charge in [-0.2, -0.15) is 4.98 Å². The first kappa shape index (κ1) is 25.1. The van der Waals surface area contributed by atoms with E-state index in [1.807, 2.05) is 44.1 Å². The van der Waals surface area contributed by atoms with E-state index < -0.39 is 11.6 Å². The molecule has 2 N–H and O–H groups in total. The van der Waals surface area contributed by atoms with E-state index in [0.717, 1.165) is 28.8 Å². The first-order chi connectivity index (χ1) is 17.2. The maximum atomic E-state index is 14.9. The largest absolute Gasteiger partial charge is 0.367 e. The topological polar surface area (TPSA) is 56.3 Å². The molecule has 8 heteroatoms. The van der Waals surface area contributed by atoms with Gasteiger partial charge in [0.05, 0.1) is 5.69 Å². The standard InChI is InChI=1S/C28H30F2N6/c1-7-17(2)20-12-11-18(3)21(15-20)25-22-16-32-19(4)36(26-23(29)9-8-10-24(26)30)27(22)34-28(33-25)31-13-14-35(5)6/h7-12,15,32H,1-2,4,13-14,16H2,3,5-6H3,(H,31,33,34). The van der Waals surface area contributed by atoms with Crippen molar-refractivity contribution in [3.05, 3.63) is 96.4 Å². The second-order valence-corrected chi connectivity index (χ2v) is 8.89. The molecule has 0 amide bonds. The first-order valence-corrected chi connectivity index (χ1v) is 11.6. The van der Waals surface area contributed by atoms with E-state index in [2.05, 4.69) is 30.4 Å². The molecular formula is C28H30F2N6. The van der Waals surface area contributed by atoms with Crippen molar-refractivity contribution in [1.82, 2.24) is 20.2 Å². The molecule has 4 rings (SSSR count). The Morgan fingerprint density at radius 3 is 2.58 bits per heavy atom. The van der Waals surface area contributed by atoms with E-state index >= 15 is 0 Å². The van der Waals surface area contributed by atoms with Crippen LogP contribution in [-0.4, -0.2) is 42.1 Å². The van der Waals surface area contributed by atoms with Crippen LogP contribution in [-0.2, 0) is 6.54 Å². The zero-order valence-corrected chi connectivity index (χ0v) is 20.8. The van der Waals surface area contributed by atoms with Crippen molar-refractivity contribution in [2.45, 2.75) is 13.5 Å². The smallest absolute Gasteiger partial charge is 0.225 e. The number of rotatable bonds is 8. The number of aromatic nitrogens is 2. The minimum absolute atomic E-state index is 0.245. The van der Waals surface area contributed by atoms with Crippen molar-refractivity contribution in [2.24, 2.45) is 0 Å². The van der Waals surface area contributed by atoms with Gasteiger partial charge in [0.15, 0.2) is 0 Å². The maximum Gasteiger partial charge on any atom is 0.225 e. The van der Waals surface area contributed by atoms with Gasteiger partial charge in [0.25, 0.3) is 0 Å². The molecule has 0 saturated carbocycles. The molecule has 0 atom stereocenters. The Bertz CT molecular complexity index is 1330. The summed E-state index contributed by atoms with van der Waals surface area (Å²) in [4.78, 5) is 13.0. The summed E-state index contributed by atoms with van der Waals surface area (Å²) in [6, 6.07) is 9.74. The Morgan fingerprint density at radius 2 is 1.92 bits per heavy atom. The molecule has 2 aromatic carbocycles. The van der Waals surface area contributed by atoms with Gasteiger partial charge in [0, 0.05) is 30.8 Å². The minimum atomic E-state index is -0.714. The molecule has 1 aliphatic heterocycles. The number of nitrogens with one attached hydrogen (secondary N) is 2. The summed E-state index contributed by atoms with van der Waals surface area (Å²) < 4.78 is 29.9. The van der Waals surface area contributed by atoms with Crippen LogP contribution in [0.15, 0.2) is 68.0 Å². The Kier molecular flexibility index (Phi) is 7.17. The number of para-hydroxylation sites is 1. The fourth-order valence-corrected chi connectivity index (χ4v) is 4.05. The van der Waals surface area contributed by atoms with Gasteiger partial charge in [0.2, 0.25) is 5.95 Å². The van der Waals surface area contributed by atoms with Crippen LogP contribution in [0.4, 0.5) is 26.2 Å². The summed E-state index contributed by atoms with van der Waals surface area (Å²) in [5, 5.41) is 6.41. The van der Waals surface area contributed by atoms with Gasteiger partial charge in [-0.3, -0.25) is 4.90 Å². The number of allylic oxidation sites excluding steroid dienone is 2. The van der Waals surface area contributed by atoms with Gasteiger partial charge >= 0.3 is 0 Å². The molecule has 3 aromatic rings. The molecule has 0 unspecified atom stereocenters. The van der Waals surface area contributed by atoms with Gasteiger partial charge in [0.1, 0.15) is 29.0 Å². The lowest BCUT2D eigenvalue weighted by molar-refractivity contribution is 0.425. The third-order valence-corrected chi connectivity index (χ3v) is 6.05. The van der Waals surface area contributed by atoms with Gasteiger partial charge in [-0.1, -0.05) is 44.0 Å². The van der Waals surface area contributed by atoms with Crippen LogP contribution in [0.5, 0.6) is 0 Å². The molecule has 36 heavy (non-hydrogen) atoms. The molecule has 2 heterocycles. The van der Waals surface area contributed by atoms with Crippen LogP contribution in [0.3, 0.4) is 0 Å². The summed E-state index contributed by atoms with van der Waals surface area (Å²) in [7, 11) is 3.95. The molecule has 0 radical (unpaired) electrons. The van der Waals surface area contributed by atoms with E-state index in [-0.39, 0.29) is 5.69 Å². The lowest BCUT2D eigenvalue weighted by atomic mass is 9.95. The fourth-order valence-electron chi connectivity index (χ4n) is 4.05. The zero-order chi connectivity index (χ0) is 26.0. The Labute approximate surface area is 210 Å². The predicted molar refractivity (Wildman–Crippen MR) is 143 cm³/mol. The lowest BCUT2D eigenvalue weighted by Crippen LogP contribution is -2.35. The second-order valence-electron chi connectivity index (χ2n) is 8.89. The highest BCUT2D eigenvalue weighted by atomic mass is 19.1. The fraction of sp³-hybridized carbons (Fsp3) is 0.214. The van der Waals surface area contributed by atoms with Crippen molar-refractivity contribution in [3.63, 3.8) is 0 Å². The van der Waals surface area contributed by atoms with Crippen LogP contribution in [0.25, 0.3) is 16.8 Å². The Hall–Kier alpha value is -4.04. The minimum Gasteiger partial charge on any atom is -0.367 e.